The molecular formula is C25H32N4O. The number of nitrogens with zero attached hydrogens (tertiary/aromatic N) is 3. The van der Waals surface area contributed by atoms with Crippen molar-refractivity contribution in [3.8, 4) is 0 Å². The highest BCUT2D eigenvalue weighted by Crippen LogP contribution is 2.15. The first-order valence-electron chi connectivity index (χ1n) is 10.4. The van der Waals surface area contributed by atoms with E-state index in [1.165, 1.54) is 22.3 Å². The van der Waals surface area contributed by atoms with Gasteiger partial charge >= 0.3 is 0 Å². The summed E-state index contributed by atoms with van der Waals surface area (Å²) in [6, 6.07) is 16.7. The first-order valence-corrected chi connectivity index (χ1v) is 10.4. The smallest absolute Gasteiger partial charge is 0.234 e. The van der Waals surface area contributed by atoms with E-state index in [-0.39, 0.29) is 5.91 Å². The minimum absolute atomic E-state index is 0.0249. The highest BCUT2D eigenvalue weighted by molar-refractivity contribution is 5.78. The molecule has 1 N–H and O–H groups in total. The van der Waals surface area contributed by atoms with E-state index < -0.39 is 0 Å². The third-order valence-corrected chi connectivity index (χ3v) is 5.52. The molecule has 158 valence electrons. The number of amides is 1. The lowest BCUT2D eigenvalue weighted by Crippen LogP contribution is -2.34. The van der Waals surface area contributed by atoms with Crippen LogP contribution in [0.15, 0.2) is 48.5 Å². The Hall–Kier alpha value is -2.92. The van der Waals surface area contributed by atoms with Gasteiger partial charge in [0.25, 0.3) is 0 Å². The maximum atomic E-state index is 12.5. The fraction of sp³-hybridized carbons (Fsp3) is 0.360. The minimum atomic E-state index is 0.0249. The molecule has 1 aromatic heterocycles. The number of benzene rings is 2. The summed E-state index contributed by atoms with van der Waals surface area (Å²) >= 11 is 0. The van der Waals surface area contributed by atoms with Gasteiger partial charge in [0.1, 0.15) is 0 Å². The lowest BCUT2D eigenvalue weighted by atomic mass is 10.1. The Kier molecular flexibility index (Phi) is 7.06. The van der Waals surface area contributed by atoms with Crippen LogP contribution < -0.4 is 5.32 Å². The number of carbonyl (C=O) groups excluding carboxylic acids is 1. The van der Waals surface area contributed by atoms with E-state index in [1.807, 2.05) is 41.8 Å². The summed E-state index contributed by atoms with van der Waals surface area (Å²) in [6.07, 6.45) is 0. The number of aryl methyl sites for hydroxylation is 3. The van der Waals surface area contributed by atoms with Crippen molar-refractivity contribution in [1.82, 2.24) is 20.0 Å². The summed E-state index contributed by atoms with van der Waals surface area (Å²) in [5.74, 6) is 0.0249. The van der Waals surface area contributed by atoms with Gasteiger partial charge in [-0.1, -0.05) is 54.1 Å². The van der Waals surface area contributed by atoms with Gasteiger partial charge in [-0.15, -0.1) is 0 Å². The molecule has 5 nitrogen and oxygen atoms in total. The molecule has 1 amide bonds. The fourth-order valence-electron chi connectivity index (χ4n) is 3.76. The van der Waals surface area contributed by atoms with Gasteiger partial charge < -0.3 is 5.32 Å². The Morgan fingerprint density at radius 1 is 1.07 bits per heavy atom. The first-order chi connectivity index (χ1) is 14.3. The molecule has 0 saturated carbocycles. The maximum Gasteiger partial charge on any atom is 0.234 e. The van der Waals surface area contributed by atoms with Crippen LogP contribution in [0.4, 0.5) is 0 Å². The predicted octanol–water partition coefficient (Wildman–Crippen LogP) is 3.91. The van der Waals surface area contributed by atoms with Gasteiger partial charge in [0, 0.05) is 24.3 Å². The molecule has 5 heteroatoms. The van der Waals surface area contributed by atoms with Crippen LogP contribution in [-0.4, -0.2) is 34.2 Å². The quantitative estimate of drug-likeness (QED) is 0.619. The van der Waals surface area contributed by atoms with E-state index in [0.717, 1.165) is 30.0 Å². The van der Waals surface area contributed by atoms with Crippen LogP contribution in [0.25, 0.3) is 0 Å². The van der Waals surface area contributed by atoms with Crippen molar-refractivity contribution in [3.63, 3.8) is 0 Å². The number of hydrogen-bond donors (Lipinski definition) is 1. The molecule has 2 aromatic carbocycles. The van der Waals surface area contributed by atoms with Crippen LogP contribution in [0.3, 0.4) is 0 Å². The van der Waals surface area contributed by atoms with Gasteiger partial charge in [0.2, 0.25) is 5.91 Å². The topological polar surface area (TPSA) is 50.2 Å². The largest absolute Gasteiger partial charge is 0.351 e. The van der Waals surface area contributed by atoms with Crippen LogP contribution in [0.2, 0.25) is 0 Å². The van der Waals surface area contributed by atoms with Gasteiger partial charge in [0.05, 0.1) is 18.8 Å². The summed E-state index contributed by atoms with van der Waals surface area (Å²) in [5.41, 5.74) is 8.15. The number of hydrogen-bond acceptors (Lipinski definition) is 3. The Morgan fingerprint density at radius 2 is 1.80 bits per heavy atom. The molecule has 0 aliphatic rings. The van der Waals surface area contributed by atoms with Crippen LogP contribution in [0.5, 0.6) is 0 Å². The van der Waals surface area contributed by atoms with E-state index >= 15 is 0 Å². The lowest BCUT2D eigenvalue weighted by molar-refractivity contribution is -0.122. The number of rotatable bonds is 8. The molecule has 30 heavy (non-hydrogen) atoms. The zero-order valence-corrected chi connectivity index (χ0v) is 18.7. The summed E-state index contributed by atoms with van der Waals surface area (Å²) in [5, 5.41) is 7.74. The minimum Gasteiger partial charge on any atom is -0.351 e. The van der Waals surface area contributed by atoms with Crippen molar-refractivity contribution >= 4 is 5.91 Å². The molecule has 3 rings (SSSR count). The Morgan fingerprint density at radius 3 is 2.50 bits per heavy atom. The molecule has 0 aliphatic carbocycles. The molecule has 0 fully saturated rings. The highest BCUT2D eigenvalue weighted by atomic mass is 16.2. The second kappa shape index (κ2) is 9.72. The molecule has 0 unspecified atom stereocenters. The predicted molar refractivity (Wildman–Crippen MR) is 121 cm³/mol. The van der Waals surface area contributed by atoms with Gasteiger partial charge in [-0.3, -0.25) is 14.4 Å². The molecule has 3 aromatic rings. The molecule has 0 saturated heterocycles. The van der Waals surface area contributed by atoms with Crippen LogP contribution in [-0.2, 0) is 24.4 Å². The monoisotopic (exact) mass is 404 g/mol. The Balaban J connectivity index is 1.55. The SMILES string of the molecule is Cc1ccc(CN(C)CC(=O)NCc2c(C)nn(Cc3ccccc3)c2C)c(C)c1. The third kappa shape index (κ3) is 5.57. The molecule has 0 bridgehead atoms. The Bertz CT molecular complexity index is 1010. The normalized spacial score (nSPS) is 11.1. The van der Waals surface area contributed by atoms with Crippen molar-refractivity contribution in [2.45, 2.75) is 47.3 Å². The van der Waals surface area contributed by atoms with Crippen LogP contribution in [0.1, 0.15) is 39.2 Å². The van der Waals surface area contributed by atoms with Gasteiger partial charge in [-0.2, -0.15) is 5.10 Å². The second-order valence-corrected chi connectivity index (χ2v) is 8.17. The maximum absolute atomic E-state index is 12.5. The summed E-state index contributed by atoms with van der Waals surface area (Å²) < 4.78 is 2.01. The average Bonchev–Trinajstić information content (AvgIpc) is 2.96. The molecule has 0 radical (unpaired) electrons. The molecule has 0 spiro atoms. The molecule has 0 atom stereocenters. The van der Waals surface area contributed by atoms with Crippen molar-refractivity contribution in [2.75, 3.05) is 13.6 Å². The number of carbonyl (C=O) groups is 1. The van der Waals surface area contributed by atoms with E-state index in [0.29, 0.717) is 13.1 Å². The van der Waals surface area contributed by atoms with E-state index in [4.69, 9.17) is 0 Å². The van der Waals surface area contributed by atoms with Gasteiger partial charge in [-0.25, -0.2) is 0 Å². The van der Waals surface area contributed by atoms with E-state index in [2.05, 4.69) is 61.5 Å². The van der Waals surface area contributed by atoms with Gasteiger partial charge in [0.15, 0.2) is 0 Å². The summed E-state index contributed by atoms with van der Waals surface area (Å²) in [4.78, 5) is 14.5. The van der Waals surface area contributed by atoms with E-state index in [1.54, 1.807) is 0 Å². The Labute approximate surface area is 179 Å². The standard InChI is InChI=1S/C25H32N4O/c1-18-11-12-23(19(2)13-18)16-28(5)17-25(30)26-14-24-20(3)27-29(21(24)4)15-22-9-7-6-8-10-22/h6-13H,14-17H2,1-5H3,(H,26,30). The molecule has 0 aliphatic heterocycles. The van der Waals surface area contributed by atoms with Crippen molar-refractivity contribution in [3.05, 3.63) is 87.7 Å². The second-order valence-electron chi connectivity index (χ2n) is 8.17. The lowest BCUT2D eigenvalue weighted by Gasteiger charge is -2.18. The summed E-state index contributed by atoms with van der Waals surface area (Å²) in [7, 11) is 1.98. The van der Waals surface area contributed by atoms with Crippen molar-refractivity contribution < 1.29 is 4.79 Å². The molecular weight excluding hydrogens is 372 g/mol. The third-order valence-electron chi connectivity index (χ3n) is 5.52. The van der Waals surface area contributed by atoms with Crippen LogP contribution in [0, 0.1) is 27.7 Å². The zero-order chi connectivity index (χ0) is 21.7. The van der Waals surface area contributed by atoms with Gasteiger partial charge in [-0.05, 0) is 51.4 Å². The van der Waals surface area contributed by atoms with Crippen molar-refractivity contribution in [1.29, 1.82) is 0 Å². The number of likely N-dealkylation sites (N-methyl/N-ethyl adjacent to an activating group) is 1. The zero-order valence-electron chi connectivity index (χ0n) is 18.7. The first kappa shape index (κ1) is 21.8. The number of aromatic nitrogens is 2. The summed E-state index contributed by atoms with van der Waals surface area (Å²) in [6.45, 7) is 10.6. The number of nitrogens with one attached hydrogen (secondary N) is 1. The highest BCUT2D eigenvalue weighted by Gasteiger charge is 2.14. The van der Waals surface area contributed by atoms with Crippen molar-refractivity contribution in [2.24, 2.45) is 0 Å². The van der Waals surface area contributed by atoms with E-state index in [9.17, 15) is 4.79 Å². The fourth-order valence-corrected chi connectivity index (χ4v) is 3.76. The average molecular weight is 405 g/mol. The molecule has 1 heterocycles. The van der Waals surface area contributed by atoms with Crippen LogP contribution >= 0.6 is 0 Å².